The van der Waals surface area contributed by atoms with Gasteiger partial charge in [0.15, 0.2) is 46.3 Å². The number of aryl methyl sites for hydroxylation is 7. The highest BCUT2D eigenvalue weighted by molar-refractivity contribution is 6.64. The summed E-state index contributed by atoms with van der Waals surface area (Å²) in [6.45, 7) is 14.5. The number of pyridine rings is 7. The summed E-state index contributed by atoms with van der Waals surface area (Å²) in [4.78, 5) is 113. The average molecular weight is 2090 g/mol. The average Bonchev–Trinajstić information content (AvgIpc) is 1.26. The number of nitrogens with zero attached hydrogens (tertiary/aromatic N) is 7. The van der Waals surface area contributed by atoms with Crippen molar-refractivity contribution in [2.75, 3.05) is 0 Å². The highest BCUT2D eigenvalue weighted by Gasteiger charge is 2.39. The molecule has 14 heterocycles. The summed E-state index contributed by atoms with van der Waals surface area (Å²) in [5.74, 6) is -3.67. The van der Waals surface area contributed by atoms with E-state index in [0.29, 0.717) is 121 Å². The SMILES string of the molecule is Cc1ccc(C(=O)Cc2ccc3c(c2)B(O)OC3)nc1Cl.Cc1ccc(C(=O)Cc2ccc3c(c2)B(O)OC3)nc1F.Cc1cnc(C(=O)Cc2ccc3c(c2)B(O)OC3)c(C(F)(F)F)c1.Cc1cnc(C(=O)Cc2ccc3c(c2)B(O)OC3)c(Cl)c1.Cc1cnc(C(=O)Cc2ccc3c(c2)B(O)OC3)c(F)c1.Cc1cnc(C(=O)Cc2ccc3c(c2)B(O)OC3)cc1Cl.Cc1cnc(C(=O)Cc2ccc3c(c2)B(O)OC3)cc1F. The molecular formula is C106H91B7Cl3F6N7O21. The Balaban J connectivity index is 0.000000131. The fraction of sp³-hybridized carbons (Fsp3) is 0.208. The van der Waals surface area contributed by atoms with Crippen molar-refractivity contribution in [3.05, 3.63) is 408 Å². The number of carbonyl (C=O) groups is 7. The summed E-state index contributed by atoms with van der Waals surface area (Å²) in [5.41, 5.74) is 20.1. The zero-order chi connectivity index (χ0) is 107. The van der Waals surface area contributed by atoms with E-state index >= 15 is 0 Å². The molecule has 7 aliphatic heterocycles. The maximum atomic E-state index is 13.7. The van der Waals surface area contributed by atoms with E-state index in [2.05, 4.69) is 34.9 Å². The first kappa shape index (κ1) is 111. The quantitative estimate of drug-likeness (QED) is 0.0152. The molecule has 0 spiro atoms. The molecule has 0 saturated heterocycles. The Labute approximate surface area is 874 Å². The number of rotatable bonds is 21. The van der Waals surface area contributed by atoms with Gasteiger partial charge in [0.2, 0.25) is 5.95 Å². The van der Waals surface area contributed by atoms with Crippen molar-refractivity contribution in [2.24, 2.45) is 0 Å². The zero-order valence-corrected chi connectivity index (χ0v) is 83.8. The second-order valence-corrected chi connectivity index (χ2v) is 37.6. The van der Waals surface area contributed by atoms with Gasteiger partial charge in [0.1, 0.15) is 50.8 Å². The normalized spacial score (nSPS) is 13.5. The number of fused-ring (bicyclic) bond motifs is 7. The highest BCUT2D eigenvalue weighted by atomic mass is 35.5. The molecule has 0 aliphatic carbocycles. The van der Waals surface area contributed by atoms with Gasteiger partial charge in [0.05, 0.1) is 56.8 Å². The van der Waals surface area contributed by atoms with Gasteiger partial charge in [-0.25, -0.2) is 23.7 Å². The summed E-state index contributed by atoms with van der Waals surface area (Å²) in [7, 11) is -6.61. The van der Waals surface area contributed by atoms with Crippen molar-refractivity contribution in [1.29, 1.82) is 0 Å². The van der Waals surface area contributed by atoms with E-state index < -0.39 is 90.6 Å². The summed E-state index contributed by atoms with van der Waals surface area (Å²) in [5, 5.41) is 68.9. The van der Waals surface area contributed by atoms with Crippen LogP contribution in [0.3, 0.4) is 0 Å². The van der Waals surface area contributed by atoms with Crippen LogP contribution in [0.5, 0.6) is 0 Å². The number of ketones is 7. The van der Waals surface area contributed by atoms with Gasteiger partial charge in [-0.15, -0.1) is 0 Å². The number of halogens is 9. The van der Waals surface area contributed by atoms with Gasteiger partial charge in [-0.05, 0) is 229 Å². The Hall–Kier alpha value is -13.4. The Morgan fingerprint density at radius 1 is 0.287 bits per heavy atom. The van der Waals surface area contributed by atoms with Crippen molar-refractivity contribution in [1.82, 2.24) is 34.9 Å². The molecule has 0 bridgehead atoms. The molecule has 7 aliphatic rings. The first-order chi connectivity index (χ1) is 71.5. The van der Waals surface area contributed by atoms with Gasteiger partial charge in [0.25, 0.3) is 0 Å². The summed E-state index contributed by atoms with van der Waals surface area (Å²) >= 11 is 18.0. The van der Waals surface area contributed by atoms with Crippen LogP contribution in [-0.4, -0.2) is 160 Å². The molecule has 0 atom stereocenters. The molecule has 7 aromatic heterocycles. The molecular weight excluding hydrogens is 2000 g/mol. The molecule has 21 rings (SSSR count). The molecule has 0 unspecified atom stereocenters. The van der Waals surface area contributed by atoms with E-state index in [4.69, 9.17) is 67.4 Å². The number of hydrogen-bond acceptors (Lipinski definition) is 28. The lowest BCUT2D eigenvalue weighted by Crippen LogP contribution is -2.28. The summed E-state index contributed by atoms with van der Waals surface area (Å²) < 4.78 is 116. The number of hydrogen-bond donors (Lipinski definition) is 7. The molecule has 760 valence electrons. The molecule has 44 heteroatoms. The molecule has 7 aromatic carbocycles. The first-order valence-electron chi connectivity index (χ1n) is 46.9. The third-order valence-electron chi connectivity index (χ3n) is 25.0. The van der Waals surface area contributed by atoms with E-state index in [0.717, 1.165) is 112 Å². The minimum absolute atomic E-state index is 0.0347. The number of carbonyl (C=O) groups excluding carboxylic acids is 7. The lowest BCUT2D eigenvalue weighted by atomic mass is 9.78. The second kappa shape index (κ2) is 49.2. The maximum Gasteiger partial charge on any atom is 0.491 e. The lowest BCUT2D eigenvalue weighted by Gasteiger charge is -2.12. The minimum atomic E-state index is -4.65. The van der Waals surface area contributed by atoms with Crippen LogP contribution in [0.15, 0.2) is 213 Å². The van der Waals surface area contributed by atoms with Crippen molar-refractivity contribution in [3.8, 4) is 0 Å². The van der Waals surface area contributed by atoms with Gasteiger partial charge >= 0.3 is 56.0 Å². The van der Waals surface area contributed by atoms with E-state index in [1.54, 1.807) is 118 Å². The Morgan fingerprint density at radius 2 is 0.573 bits per heavy atom. The van der Waals surface area contributed by atoms with E-state index in [-0.39, 0.29) is 109 Å². The predicted octanol–water partition coefficient (Wildman–Crippen LogP) is 10.6. The zero-order valence-electron chi connectivity index (χ0n) is 81.5. The Bertz CT molecular complexity index is 6970. The number of Topliss-reactive ketones (excluding diaryl/α,β-unsaturated/α-hetero) is 7. The molecule has 0 saturated carbocycles. The molecule has 150 heavy (non-hydrogen) atoms. The molecule has 0 fully saturated rings. The summed E-state index contributed by atoms with van der Waals surface area (Å²) in [6.07, 6.45) is 3.26. The van der Waals surface area contributed by atoms with Crippen molar-refractivity contribution >= 4 is 163 Å². The van der Waals surface area contributed by atoms with E-state index in [9.17, 15) is 95.1 Å². The maximum absolute atomic E-state index is 13.7. The Kier molecular flexibility index (Phi) is 36.3. The van der Waals surface area contributed by atoms with Crippen LogP contribution in [0.1, 0.15) is 196 Å². The number of benzene rings is 7. The number of alkyl halides is 3. The second-order valence-electron chi connectivity index (χ2n) is 36.4. The molecule has 14 aromatic rings. The third kappa shape index (κ3) is 27.9. The van der Waals surface area contributed by atoms with E-state index in [1.165, 1.54) is 43.7 Å². The standard InChI is InChI=1S/C16H13BF3NO3.3C15H13BClNO3.3C15H13BFNO3/c1-9-4-12(16(18,19)20)15(21-7-9)14(22)6-10-2-3-11-8-24-17(23)13(11)5-10;1-9-2-5-13(18-15(9)17)14(19)7-10-3-4-11-8-21-16(20)12(11)6-10;1-9-7-18-14(6-13(9)17)15(19)5-10-2-3-11-8-21-16(20)12(11)4-10;1-9-4-13(17)15(18-7-9)14(19)6-10-2-3-11-8-21-16(20)12(11)5-10;1-9-2-5-13(18-15(9)17)14(19)7-10-3-4-11-8-21-16(20)12(11)6-10;1-9-7-18-14(6-13(9)17)15(19)5-10-2-3-11-8-21-16(20)12(11)4-10;1-9-4-13(17)15(18-7-9)14(19)6-10-2-3-11-8-21-16(20)12(11)5-10/h2-5,7,23H,6,8H2,1H3;2-6,20H,7-8H2,1H3;2-4,6-7,20H,5,8H2,1H3;2-5,7,20H,6,8H2,1H3;2-6,20H,7-8H2,1H3;2-4,6-7,20H,5,8H2,1H3;2-5,7,20H,6,8H2,1H3. The lowest BCUT2D eigenvalue weighted by molar-refractivity contribution is -0.138. The monoisotopic (exact) mass is 2090 g/mol. The van der Waals surface area contributed by atoms with Crippen molar-refractivity contribution in [2.45, 2.75) is 146 Å². The van der Waals surface area contributed by atoms with Crippen molar-refractivity contribution in [3.63, 3.8) is 0 Å². The first-order valence-corrected chi connectivity index (χ1v) is 48.1. The fourth-order valence-corrected chi connectivity index (χ4v) is 17.3. The topological polar surface area (TPSA) is 416 Å². The van der Waals surface area contributed by atoms with Gasteiger partial charge in [0, 0.05) is 98.1 Å². The molecule has 28 nitrogen and oxygen atoms in total. The third-order valence-corrected chi connectivity index (χ3v) is 26.1. The fourth-order valence-electron chi connectivity index (χ4n) is 16.6. The van der Waals surface area contributed by atoms with Crippen LogP contribution in [0, 0.1) is 66.0 Å². The smallest absolute Gasteiger partial charge is 0.423 e. The largest absolute Gasteiger partial charge is 0.491 e. The molecule has 0 radical (unpaired) electrons. The Morgan fingerprint density at radius 3 is 0.893 bits per heavy atom. The van der Waals surface area contributed by atoms with Crippen LogP contribution in [-0.2, 0) is 130 Å². The van der Waals surface area contributed by atoms with Crippen LogP contribution in [0.4, 0.5) is 26.3 Å². The van der Waals surface area contributed by atoms with Gasteiger partial charge in [-0.1, -0.05) is 174 Å². The minimum Gasteiger partial charge on any atom is -0.423 e. The molecule has 7 N–H and O–H groups in total. The number of aromatic nitrogens is 7. The van der Waals surface area contributed by atoms with Crippen molar-refractivity contribution < 1.29 is 128 Å². The molecule has 0 amide bonds. The van der Waals surface area contributed by atoms with Gasteiger partial charge < -0.3 is 67.7 Å². The van der Waals surface area contributed by atoms with Crippen LogP contribution in [0.2, 0.25) is 15.2 Å². The van der Waals surface area contributed by atoms with Crippen LogP contribution < -0.4 is 38.2 Å². The predicted molar refractivity (Wildman–Crippen MR) is 551 cm³/mol. The van der Waals surface area contributed by atoms with E-state index in [1.807, 2.05) is 87.5 Å². The summed E-state index contributed by atoms with van der Waals surface area (Å²) in [6, 6.07) is 50.8. The van der Waals surface area contributed by atoms with Crippen LogP contribution in [0.25, 0.3) is 0 Å². The highest BCUT2D eigenvalue weighted by Crippen LogP contribution is 2.34. The van der Waals surface area contributed by atoms with Gasteiger partial charge in [-0.2, -0.15) is 17.6 Å². The van der Waals surface area contributed by atoms with Gasteiger partial charge in [-0.3, -0.25) is 53.5 Å². The van der Waals surface area contributed by atoms with Crippen LogP contribution >= 0.6 is 34.8 Å².